The molecule has 0 spiro atoms. The van der Waals surface area contributed by atoms with Crippen molar-refractivity contribution in [3.63, 3.8) is 0 Å². The molecule has 2 rings (SSSR count). The van der Waals surface area contributed by atoms with Crippen LogP contribution >= 0.6 is 0 Å². The van der Waals surface area contributed by atoms with Crippen LogP contribution in [0.4, 0.5) is 0 Å². The molecule has 4 heteroatoms. The lowest BCUT2D eigenvalue weighted by Gasteiger charge is -2.27. The minimum atomic E-state index is 0.342. The third-order valence-corrected chi connectivity index (χ3v) is 3.59. The zero-order valence-corrected chi connectivity index (χ0v) is 12.0. The predicted octanol–water partition coefficient (Wildman–Crippen LogP) is 2.66. The van der Waals surface area contributed by atoms with Crippen LogP contribution < -0.4 is 14.8 Å². The van der Waals surface area contributed by atoms with E-state index < -0.39 is 0 Å². The van der Waals surface area contributed by atoms with Gasteiger partial charge >= 0.3 is 0 Å². The first-order valence-electron chi connectivity index (χ1n) is 6.77. The summed E-state index contributed by atoms with van der Waals surface area (Å²) in [5.41, 5.74) is 2.21. The molecule has 0 amide bonds. The minimum Gasteiger partial charge on any atom is -0.497 e. The number of piperidine rings is 1. The van der Waals surface area contributed by atoms with Gasteiger partial charge in [0.2, 0.25) is 0 Å². The summed E-state index contributed by atoms with van der Waals surface area (Å²) < 4.78 is 16.3. The van der Waals surface area contributed by atoms with Gasteiger partial charge in [0.05, 0.1) is 20.8 Å². The molecule has 1 aromatic rings. The van der Waals surface area contributed by atoms with Gasteiger partial charge in [0, 0.05) is 24.3 Å². The molecule has 106 valence electrons. The van der Waals surface area contributed by atoms with E-state index in [4.69, 9.17) is 14.2 Å². The normalized spacial score (nSPS) is 19.2. The van der Waals surface area contributed by atoms with Gasteiger partial charge in [-0.25, -0.2) is 0 Å². The highest BCUT2D eigenvalue weighted by molar-refractivity contribution is 5.48. The van der Waals surface area contributed by atoms with Crippen molar-refractivity contribution in [1.82, 2.24) is 5.32 Å². The fourth-order valence-electron chi connectivity index (χ4n) is 2.69. The molecule has 0 aromatic heterocycles. The van der Waals surface area contributed by atoms with Crippen molar-refractivity contribution in [2.75, 3.05) is 27.9 Å². The van der Waals surface area contributed by atoms with E-state index >= 15 is 0 Å². The Kier molecular flexibility index (Phi) is 5.05. The van der Waals surface area contributed by atoms with Gasteiger partial charge in [-0.05, 0) is 31.5 Å². The van der Waals surface area contributed by atoms with Crippen molar-refractivity contribution in [3.8, 4) is 11.5 Å². The van der Waals surface area contributed by atoms with Crippen LogP contribution in [0.1, 0.15) is 36.4 Å². The van der Waals surface area contributed by atoms with Crippen molar-refractivity contribution in [2.45, 2.75) is 31.9 Å². The lowest BCUT2D eigenvalue weighted by atomic mass is 9.94. The second-order valence-corrected chi connectivity index (χ2v) is 4.84. The molecule has 0 saturated carbocycles. The number of hydrogen-bond acceptors (Lipinski definition) is 4. The zero-order valence-electron chi connectivity index (χ0n) is 12.0. The van der Waals surface area contributed by atoms with Gasteiger partial charge in [-0.3, -0.25) is 0 Å². The van der Waals surface area contributed by atoms with E-state index in [-0.39, 0.29) is 0 Å². The molecule has 1 unspecified atom stereocenters. The molecule has 1 atom stereocenters. The third-order valence-electron chi connectivity index (χ3n) is 3.59. The van der Waals surface area contributed by atoms with Gasteiger partial charge in [-0.2, -0.15) is 0 Å². The van der Waals surface area contributed by atoms with Crippen LogP contribution in [0.25, 0.3) is 0 Å². The van der Waals surface area contributed by atoms with Crippen molar-refractivity contribution in [1.29, 1.82) is 0 Å². The maximum absolute atomic E-state index is 5.61. The molecule has 4 nitrogen and oxygen atoms in total. The maximum atomic E-state index is 5.61. The standard InChI is InChI=1S/C15H23NO3/c1-17-10-11-8-12(18-2)9-13(15(11)19-3)14-6-4-5-7-16-14/h8-9,14,16H,4-7,10H2,1-3H3. The first-order chi connectivity index (χ1) is 9.30. The molecular weight excluding hydrogens is 242 g/mol. The summed E-state index contributed by atoms with van der Waals surface area (Å²) in [5, 5.41) is 3.55. The van der Waals surface area contributed by atoms with E-state index in [9.17, 15) is 0 Å². The van der Waals surface area contributed by atoms with Gasteiger partial charge in [0.15, 0.2) is 0 Å². The molecular formula is C15H23NO3. The average Bonchev–Trinajstić information content (AvgIpc) is 2.47. The van der Waals surface area contributed by atoms with E-state index in [0.29, 0.717) is 12.6 Å². The average molecular weight is 265 g/mol. The Morgan fingerprint density at radius 3 is 2.58 bits per heavy atom. The van der Waals surface area contributed by atoms with Gasteiger partial charge in [0.25, 0.3) is 0 Å². The lowest BCUT2D eigenvalue weighted by molar-refractivity contribution is 0.181. The maximum Gasteiger partial charge on any atom is 0.129 e. The van der Waals surface area contributed by atoms with Gasteiger partial charge in [-0.1, -0.05) is 6.42 Å². The third kappa shape index (κ3) is 3.19. The second-order valence-electron chi connectivity index (χ2n) is 4.84. The van der Waals surface area contributed by atoms with E-state index in [0.717, 1.165) is 30.0 Å². The van der Waals surface area contributed by atoms with Crippen LogP contribution in [0, 0.1) is 0 Å². The summed E-state index contributed by atoms with van der Waals surface area (Å²) >= 11 is 0. The molecule has 1 fully saturated rings. The highest BCUT2D eigenvalue weighted by Crippen LogP contribution is 2.36. The highest BCUT2D eigenvalue weighted by atomic mass is 16.5. The van der Waals surface area contributed by atoms with Gasteiger partial charge < -0.3 is 19.5 Å². The number of nitrogens with one attached hydrogen (secondary N) is 1. The van der Waals surface area contributed by atoms with Gasteiger partial charge in [0.1, 0.15) is 11.5 Å². The first-order valence-corrected chi connectivity index (χ1v) is 6.77. The monoisotopic (exact) mass is 265 g/mol. The van der Waals surface area contributed by atoms with Crippen molar-refractivity contribution in [3.05, 3.63) is 23.3 Å². The summed E-state index contributed by atoms with van der Waals surface area (Å²) in [6.45, 7) is 1.59. The molecule has 0 aliphatic carbocycles. The molecule has 0 bridgehead atoms. The summed E-state index contributed by atoms with van der Waals surface area (Å²) in [6, 6.07) is 4.39. The van der Waals surface area contributed by atoms with Crippen molar-refractivity contribution in [2.24, 2.45) is 0 Å². The van der Waals surface area contributed by atoms with Crippen LogP contribution in [0.2, 0.25) is 0 Å². The lowest BCUT2D eigenvalue weighted by Crippen LogP contribution is -2.27. The fourth-order valence-corrected chi connectivity index (χ4v) is 2.69. The molecule has 0 radical (unpaired) electrons. The summed E-state index contributed by atoms with van der Waals surface area (Å²) in [7, 11) is 5.10. The smallest absolute Gasteiger partial charge is 0.129 e. The number of ether oxygens (including phenoxy) is 3. The topological polar surface area (TPSA) is 39.7 Å². The van der Waals surface area contributed by atoms with Gasteiger partial charge in [-0.15, -0.1) is 0 Å². The number of methoxy groups -OCH3 is 3. The van der Waals surface area contributed by atoms with Crippen molar-refractivity contribution < 1.29 is 14.2 Å². The highest BCUT2D eigenvalue weighted by Gasteiger charge is 2.21. The van der Waals surface area contributed by atoms with E-state index in [1.807, 2.05) is 6.07 Å². The molecule has 1 aromatic carbocycles. The minimum absolute atomic E-state index is 0.342. The zero-order chi connectivity index (χ0) is 13.7. The summed E-state index contributed by atoms with van der Waals surface area (Å²) in [6.07, 6.45) is 3.63. The Labute approximate surface area is 115 Å². The molecule has 1 aliphatic rings. The molecule has 1 heterocycles. The first kappa shape index (κ1) is 14.2. The van der Waals surface area contributed by atoms with E-state index in [2.05, 4.69) is 11.4 Å². The molecule has 1 aliphatic heterocycles. The molecule has 1 saturated heterocycles. The summed E-state index contributed by atoms with van der Waals surface area (Å²) in [4.78, 5) is 0. The number of hydrogen-bond donors (Lipinski definition) is 1. The number of benzene rings is 1. The van der Waals surface area contributed by atoms with Crippen LogP contribution in [-0.2, 0) is 11.3 Å². The van der Waals surface area contributed by atoms with Crippen molar-refractivity contribution >= 4 is 0 Å². The fraction of sp³-hybridized carbons (Fsp3) is 0.600. The SMILES string of the molecule is COCc1cc(OC)cc(C2CCCCN2)c1OC. The second kappa shape index (κ2) is 6.78. The van der Waals surface area contributed by atoms with Crippen LogP contribution in [0.3, 0.4) is 0 Å². The van der Waals surface area contributed by atoms with Crippen LogP contribution in [0.15, 0.2) is 12.1 Å². The van der Waals surface area contributed by atoms with E-state index in [1.165, 1.54) is 18.4 Å². The number of rotatable bonds is 5. The van der Waals surface area contributed by atoms with E-state index in [1.54, 1.807) is 21.3 Å². The Hall–Kier alpha value is -1.26. The van der Waals surface area contributed by atoms with Crippen LogP contribution in [-0.4, -0.2) is 27.9 Å². The Morgan fingerprint density at radius 1 is 1.16 bits per heavy atom. The molecule has 1 N–H and O–H groups in total. The summed E-state index contributed by atoms with van der Waals surface area (Å²) in [5.74, 6) is 1.78. The largest absolute Gasteiger partial charge is 0.497 e. The Balaban J connectivity index is 2.40. The Bertz CT molecular complexity index is 414. The Morgan fingerprint density at radius 2 is 2.00 bits per heavy atom. The molecule has 19 heavy (non-hydrogen) atoms. The predicted molar refractivity (Wildman–Crippen MR) is 74.9 cm³/mol. The quantitative estimate of drug-likeness (QED) is 0.888. The van der Waals surface area contributed by atoms with Crippen LogP contribution in [0.5, 0.6) is 11.5 Å².